The van der Waals surface area contributed by atoms with Crippen molar-refractivity contribution < 1.29 is 13.7 Å². The van der Waals surface area contributed by atoms with Crippen LogP contribution in [0, 0.1) is 11.8 Å². The summed E-state index contributed by atoms with van der Waals surface area (Å²) in [6, 6.07) is 0. The highest BCUT2D eigenvalue weighted by molar-refractivity contribution is 7.93. The fourth-order valence-electron chi connectivity index (χ4n) is 1.65. The Morgan fingerprint density at radius 2 is 2.31 bits per heavy atom. The van der Waals surface area contributed by atoms with Gasteiger partial charge in [-0.1, -0.05) is 0 Å². The monoisotopic (exact) mass is 245 g/mol. The van der Waals surface area contributed by atoms with Crippen LogP contribution in [-0.2, 0) is 13.7 Å². The summed E-state index contributed by atoms with van der Waals surface area (Å²) in [7, 11) is 1.69. The Bertz CT molecular complexity index is 268. The van der Waals surface area contributed by atoms with E-state index in [0.717, 1.165) is 44.5 Å². The van der Waals surface area contributed by atoms with E-state index in [0.29, 0.717) is 5.92 Å². The largest absolute Gasteiger partial charge is 0.385 e. The summed E-state index contributed by atoms with van der Waals surface area (Å²) in [5, 5.41) is 0. The molecule has 2 saturated carbocycles. The van der Waals surface area contributed by atoms with Gasteiger partial charge in [0.2, 0.25) is 5.91 Å². The highest BCUT2D eigenvalue weighted by Gasteiger charge is 2.43. The maximum atomic E-state index is 11.6. The Labute approximate surface area is 101 Å². The van der Waals surface area contributed by atoms with Crippen molar-refractivity contribution in [3.8, 4) is 0 Å². The molecule has 0 radical (unpaired) electrons. The number of methoxy groups -OCH3 is 1. The smallest absolute Gasteiger partial charge is 0.234 e. The molecule has 2 atom stereocenters. The van der Waals surface area contributed by atoms with E-state index in [1.54, 1.807) is 7.11 Å². The summed E-state index contributed by atoms with van der Waals surface area (Å²) in [5.41, 5.74) is 0.0109. The topological polar surface area (TPSA) is 47.6 Å². The predicted octanol–water partition coefficient (Wildman–Crippen LogP) is 1.91. The van der Waals surface area contributed by atoms with Gasteiger partial charge in [-0.25, -0.2) is 0 Å². The number of nitrogens with one attached hydrogen (secondary N) is 1. The second-order valence-corrected chi connectivity index (χ2v) is 5.50. The molecule has 0 aliphatic heterocycles. The van der Waals surface area contributed by atoms with Crippen molar-refractivity contribution in [3.05, 3.63) is 0 Å². The van der Waals surface area contributed by atoms with Gasteiger partial charge in [0.15, 0.2) is 0 Å². The molecule has 4 nitrogen and oxygen atoms in total. The van der Waals surface area contributed by atoms with Crippen molar-refractivity contribution in [1.29, 1.82) is 0 Å². The molecule has 0 aromatic rings. The van der Waals surface area contributed by atoms with Crippen LogP contribution in [0.1, 0.15) is 32.6 Å². The Balaban J connectivity index is 1.55. The first kappa shape index (κ1) is 12.2. The molecule has 2 aliphatic rings. The van der Waals surface area contributed by atoms with Gasteiger partial charge in [-0.3, -0.25) is 13.7 Å². The van der Waals surface area contributed by atoms with Gasteiger partial charge in [0.25, 0.3) is 0 Å². The van der Waals surface area contributed by atoms with Gasteiger partial charge < -0.3 is 4.74 Å². The second kappa shape index (κ2) is 4.94. The summed E-state index contributed by atoms with van der Waals surface area (Å²) < 4.78 is 13.2. The first-order chi connectivity index (χ1) is 7.64. The van der Waals surface area contributed by atoms with Gasteiger partial charge in [0.05, 0.1) is 5.60 Å². The lowest BCUT2D eigenvalue weighted by atomic mass is 10.2. The van der Waals surface area contributed by atoms with Crippen LogP contribution in [0.5, 0.6) is 0 Å². The third-order valence-corrected chi connectivity index (χ3v) is 4.06. The minimum atomic E-state index is 0.0109. The molecule has 0 aromatic heterocycles. The Morgan fingerprint density at radius 1 is 1.56 bits per heavy atom. The Hall–Kier alpha value is -0.260. The van der Waals surface area contributed by atoms with Gasteiger partial charge in [-0.05, 0) is 38.5 Å². The zero-order valence-corrected chi connectivity index (χ0v) is 10.6. The van der Waals surface area contributed by atoms with Crippen molar-refractivity contribution in [2.45, 2.75) is 38.2 Å². The van der Waals surface area contributed by atoms with Gasteiger partial charge >= 0.3 is 0 Å². The molecule has 16 heavy (non-hydrogen) atoms. The summed E-state index contributed by atoms with van der Waals surface area (Å²) >= 11 is 1.09. The summed E-state index contributed by atoms with van der Waals surface area (Å²) in [5.74, 6) is 0.797. The minimum absolute atomic E-state index is 0.0109. The van der Waals surface area contributed by atoms with E-state index in [1.807, 2.05) is 0 Å². The third-order valence-electron chi connectivity index (χ3n) is 3.29. The molecule has 2 rings (SSSR count). The molecule has 0 unspecified atom stereocenters. The van der Waals surface area contributed by atoms with E-state index < -0.39 is 0 Å². The molecule has 0 spiro atoms. The van der Waals surface area contributed by atoms with Gasteiger partial charge in [-0.15, -0.1) is 0 Å². The van der Waals surface area contributed by atoms with Crippen LogP contribution in [0.15, 0.2) is 0 Å². The van der Waals surface area contributed by atoms with Crippen molar-refractivity contribution >= 4 is 18.1 Å². The van der Waals surface area contributed by atoms with Gasteiger partial charge in [0, 0.05) is 19.6 Å². The lowest BCUT2D eigenvalue weighted by molar-refractivity contribution is -0.120. The molecule has 92 valence electrons. The highest BCUT2D eigenvalue weighted by atomic mass is 32.2. The lowest BCUT2D eigenvalue weighted by Gasteiger charge is -2.08. The molecule has 2 aliphatic carbocycles. The van der Waals surface area contributed by atoms with Crippen molar-refractivity contribution in [2.24, 2.45) is 11.8 Å². The van der Waals surface area contributed by atoms with Crippen LogP contribution >= 0.6 is 12.2 Å². The standard InChI is InChI=1S/C11H19NO3S/c1-11(4-5-11)15-16-12-10(13)9-7-8(9)3-6-14-2/h8-9H,3-7H2,1-2H3,(H,12,13)/t8-,9+/m1/s1. The Morgan fingerprint density at radius 3 is 2.94 bits per heavy atom. The molecule has 0 heterocycles. The zero-order chi connectivity index (χ0) is 11.6. The maximum absolute atomic E-state index is 11.6. The number of amides is 1. The fraction of sp³-hybridized carbons (Fsp3) is 0.909. The summed E-state index contributed by atoms with van der Waals surface area (Å²) in [6.45, 7) is 2.81. The number of carbonyl (C=O) groups is 1. The van der Waals surface area contributed by atoms with Crippen molar-refractivity contribution in [2.75, 3.05) is 13.7 Å². The normalized spacial score (nSPS) is 29.9. The van der Waals surface area contributed by atoms with Gasteiger partial charge in [0.1, 0.15) is 12.2 Å². The zero-order valence-electron chi connectivity index (χ0n) is 9.82. The summed E-state index contributed by atoms with van der Waals surface area (Å²) in [6.07, 6.45) is 4.16. The number of rotatable bonds is 7. The molecular formula is C11H19NO3S. The SMILES string of the molecule is COCC[C@@H]1C[C@@H]1C(=O)NSOC1(C)CC1. The second-order valence-electron chi connectivity index (χ2n) is 4.97. The summed E-state index contributed by atoms with van der Waals surface area (Å²) in [4.78, 5) is 11.6. The molecule has 0 aromatic carbocycles. The van der Waals surface area contributed by atoms with Crippen molar-refractivity contribution in [1.82, 2.24) is 4.72 Å². The maximum Gasteiger partial charge on any atom is 0.234 e. The predicted molar refractivity (Wildman–Crippen MR) is 62.5 cm³/mol. The van der Waals surface area contributed by atoms with Crippen molar-refractivity contribution in [3.63, 3.8) is 0 Å². The first-order valence-corrected chi connectivity index (χ1v) is 6.52. The number of ether oxygens (including phenoxy) is 1. The van der Waals surface area contributed by atoms with Crippen LogP contribution in [0.25, 0.3) is 0 Å². The molecule has 5 heteroatoms. The van der Waals surface area contributed by atoms with E-state index in [9.17, 15) is 4.79 Å². The number of hydrogen-bond donors (Lipinski definition) is 1. The quantitative estimate of drug-likeness (QED) is 0.550. The Kier molecular flexibility index (Phi) is 3.77. The van der Waals surface area contributed by atoms with E-state index in [2.05, 4.69) is 11.6 Å². The molecule has 1 N–H and O–H groups in total. The fourth-order valence-corrected chi connectivity index (χ4v) is 2.30. The molecule has 1 amide bonds. The number of carbonyl (C=O) groups excluding carboxylic acids is 1. The van der Waals surface area contributed by atoms with E-state index >= 15 is 0 Å². The molecule has 2 fully saturated rings. The van der Waals surface area contributed by atoms with Crippen LogP contribution in [0.4, 0.5) is 0 Å². The van der Waals surface area contributed by atoms with Crippen LogP contribution in [0.2, 0.25) is 0 Å². The van der Waals surface area contributed by atoms with Crippen LogP contribution < -0.4 is 4.72 Å². The van der Waals surface area contributed by atoms with E-state index in [1.165, 1.54) is 0 Å². The minimum Gasteiger partial charge on any atom is -0.385 e. The average Bonchev–Trinajstić information content (AvgIpc) is 3.13. The van der Waals surface area contributed by atoms with Crippen LogP contribution in [-0.4, -0.2) is 25.2 Å². The first-order valence-electron chi connectivity index (χ1n) is 5.78. The average molecular weight is 245 g/mol. The highest BCUT2D eigenvalue weighted by Crippen LogP contribution is 2.43. The molecular weight excluding hydrogens is 226 g/mol. The lowest BCUT2D eigenvalue weighted by Crippen LogP contribution is -2.20. The third kappa shape index (κ3) is 3.37. The van der Waals surface area contributed by atoms with Gasteiger partial charge in [-0.2, -0.15) is 0 Å². The van der Waals surface area contributed by atoms with E-state index in [-0.39, 0.29) is 17.4 Å². The van der Waals surface area contributed by atoms with Crippen LogP contribution in [0.3, 0.4) is 0 Å². The molecule has 0 bridgehead atoms. The molecule has 0 saturated heterocycles. The number of hydrogen-bond acceptors (Lipinski definition) is 4. The van der Waals surface area contributed by atoms with E-state index in [4.69, 9.17) is 8.92 Å².